The zero-order chi connectivity index (χ0) is 17.0. The van der Waals surface area contributed by atoms with Gasteiger partial charge in [-0.1, -0.05) is 29.3 Å². The Morgan fingerprint density at radius 1 is 1.26 bits per heavy atom. The molecule has 8 heteroatoms. The van der Waals surface area contributed by atoms with Crippen molar-refractivity contribution in [1.82, 2.24) is 9.62 Å². The van der Waals surface area contributed by atoms with Crippen LogP contribution in [0.25, 0.3) is 0 Å². The molecule has 1 amide bonds. The number of amides is 1. The van der Waals surface area contributed by atoms with Crippen molar-refractivity contribution in [1.29, 1.82) is 0 Å². The predicted octanol–water partition coefficient (Wildman–Crippen LogP) is 2.67. The van der Waals surface area contributed by atoms with Gasteiger partial charge in [-0.05, 0) is 37.5 Å². The Morgan fingerprint density at radius 2 is 1.91 bits per heavy atom. The molecule has 0 aromatic heterocycles. The largest absolute Gasteiger partial charge is 0.356 e. The molecular weight excluding hydrogens is 359 g/mol. The highest BCUT2D eigenvalue weighted by Crippen LogP contribution is 2.26. The summed E-state index contributed by atoms with van der Waals surface area (Å²) in [7, 11) is -3.43. The van der Waals surface area contributed by atoms with Gasteiger partial charge in [-0.15, -0.1) is 0 Å². The summed E-state index contributed by atoms with van der Waals surface area (Å²) in [5.74, 6) is -0.212. The average molecular weight is 379 g/mol. The Labute approximate surface area is 147 Å². The van der Waals surface area contributed by atoms with Crippen molar-refractivity contribution < 1.29 is 13.2 Å². The molecule has 0 saturated carbocycles. The number of sulfonamides is 1. The fraction of sp³-hybridized carbons (Fsp3) is 0.533. The summed E-state index contributed by atoms with van der Waals surface area (Å²) < 4.78 is 26.5. The normalized spacial score (nSPS) is 17.2. The third kappa shape index (κ3) is 4.83. The highest BCUT2D eigenvalue weighted by atomic mass is 35.5. The van der Waals surface area contributed by atoms with Gasteiger partial charge in [0, 0.05) is 25.6 Å². The molecule has 0 radical (unpaired) electrons. The van der Waals surface area contributed by atoms with Crippen molar-refractivity contribution in [3.63, 3.8) is 0 Å². The first-order valence-electron chi connectivity index (χ1n) is 7.53. The zero-order valence-corrected chi connectivity index (χ0v) is 15.2. The second-order valence-corrected chi connectivity index (χ2v) is 8.36. The lowest BCUT2D eigenvalue weighted by atomic mass is 9.97. The Kier molecular flexibility index (Phi) is 6.31. The van der Waals surface area contributed by atoms with Crippen LogP contribution in [0.2, 0.25) is 10.0 Å². The lowest BCUT2D eigenvalue weighted by Gasteiger charge is -2.30. The van der Waals surface area contributed by atoms with E-state index in [0.717, 1.165) is 0 Å². The van der Waals surface area contributed by atoms with Crippen molar-refractivity contribution in [2.45, 2.75) is 25.5 Å². The molecular formula is C15H20Cl2N2O3S. The van der Waals surface area contributed by atoms with Gasteiger partial charge >= 0.3 is 0 Å². The van der Waals surface area contributed by atoms with E-state index < -0.39 is 10.0 Å². The molecule has 0 bridgehead atoms. The number of benzene rings is 1. The number of piperidine rings is 1. The van der Waals surface area contributed by atoms with Crippen molar-refractivity contribution in [3.8, 4) is 0 Å². The van der Waals surface area contributed by atoms with Crippen molar-refractivity contribution in [2.24, 2.45) is 5.92 Å². The topological polar surface area (TPSA) is 66.5 Å². The van der Waals surface area contributed by atoms with Crippen molar-refractivity contribution in [3.05, 3.63) is 33.8 Å². The van der Waals surface area contributed by atoms with Gasteiger partial charge in [-0.25, -0.2) is 12.7 Å². The van der Waals surface area contributed by atoms with E-state index in [-0.39, 0.29) is 17.6 Å². The van der Waals surface area contributed by atoms with Gasteiger partial charge in [0.15, 0.2) is 0 Å². The first-order valence-corrected chi connectivity index (χ1v) is 9.89. The van der Waals surface area contributed by atoms with E-state index in [4.69, 9.17) is 23.2 Å². The summed E-state index contributed by atoms with van der Waals surface area (Å²) in [6.45, 7) is 3.19. The van der Waals surface area contributed by atoms with Gasteiger partial charge in [0.1, 0.15) is 0 Å². The highest BCUT2D eigenvalue weighted by molar-refractivity contribution is 7.88. The summed E-state index contributed by atoms with van der Waals surface area (Å²) in [5.41, 5.74) is 0.602. The summed E-state index contributed by atoms with van der Waals surface area (Å²) >= 11 is 11.8. The monoisotopic (exact) mass is 378 g/mol. The van der Waals surface area contributed by atoms with E-state index >= 15 is 0 Å². The van der Waals surface area contributed by atoms with Crippen LogP contribution in [-0.4, -0.2) is 38.3 Å². The summed E-state index contributed by atoms with van der Waals surface area (Å²) in [6.07, 6.45) is 1.10. The van der Waals surface area contributed by atoms with Crippen LogP contribution in [0.3, 0.4) is 0 Å². The number of carbonyl (C=O) groups excluding carboxylic acids is 1. The van der Waals surface area contributed by atoms with Crippen molar-refractivity contribution >= 4 is 39.1 Å². The minimum atomic E-state index is -3.43. The number of carbonyl (C=O) groups is 1. The molecule has 1 N–H and O–H groups in total. The molecule has 1 heterocycles. The Hall–Kier alpha value is -0.820. The van der Waals surface area contributed by atoms with Gasteiger partial charge in [-0.2, -0.15) is 0 Å². The van der Waals surface area contributed by atoms with Gasteiger partial charge in [0.2, 0.25) is 15.9 Å². The predicted molar refractivity (Wildman–Crippen MR) is 92.1 cm³/mol. The Bertz CT molecular complexity index is 671. The van der Waals surface area contributed by atoms with Crippen LogP contribution in [0.5, 0.6) is 0 Å². The maximum atomic E-state index is 12.5. The summed E-state index contributed by atoms with van der Waals surface area (Å²) in [6, 6.07) is 4.83. The third-order valence-corrected chi connectivity index (χ3v) is 6.49. The highest BCUT2D eigenvalue weighted by Gasteiger charge is 2.30. The molecule has 0 spiro atoms. The van der Waals surface area contributed by atoms with Gasteiger partial charge in [0.25, 0.3) is 0 Å². The minimum absolute atomic E-state index is 0.00836. The second kappa shape index (κ2) is 7.83. The molecule has 5 nitrogen and oxygen atoms in total. The van der Waals surface area contributed by atoms with E-state index in [2.05, 4.69) is 5.32 Å². The summed E-state index contributed by atoms with van der Waals surface area (Å²) in [5, 5.41) is 3.53. The standard InChI is InChI=1S/C15H20Cl2N2O3S/c1-2-18-15(20)12-5-7-19(8-6-12)23(21,22)10-11-3-4-13(16)14(17)9-11/h3-4,9,12H,2,5-8,10H2,1H3,(H,18,20). The van der Waals surface area contributed by atoms with E-state index in [1.54, 1.807) is 18.2 Å². The van der Waals surface area contributed by atoms with Gasteiger partial charge in [0.05, 0.1) is 15.8 Å². The smallest absolute Gasteiger partial charge is 0.223 e. The van der Waals surface area contributed by atoms with Crippen LogP contribution in [0.4, 0.5) is 0 Å². The number of nitrogens with one attached hydrogen (secondary N) is 1. The Balaban J connectivity index is 1.98. The number of hydrogen-bond donors (Lipinski definition) is 1. The third-order valence-electron chi connectivity index (χ3n) is 3.90. The average Bonchev–Trinajstić information content (AvgIpc) is 2.51. The van der Waals surface area contributed by atoms with E-state index in [1.807, 2.05) is 6.92 Å². The quantitative estimate of drug-likeness (QED) is 0.856. The fourth-order valence-corrected chi connectivity index (χ4v) is 4.52. The molecule has 1 aromatic rings. The molecule has 0 atom stereocenters. The van der Waals surface area contributed by atoms with E-state index in [9.17, 15) is 13.2 Å². The van der Waals surface area contributed by atoms with Crippen LogP contribution in [0.1, 0.15) is 25.3 Å². The van der Waals surface area contributed by atoms with Gasteiger partial charge in [-0.3, -0.25) is 4.79 Å². The molecule has 128 valence electrons. The van der Waals surface area contributed by atoms with Crippen LogP contribution in [-0.2, 0) is 20.6 Å². The SMILES string of the molecule is CCNC(=O)C1CCN(S(=O)(=O)Cc2ccc(Cl)c(Cl)c2)CC1. The van der Waals surface area contributed by atoms with E-state index in [0.29, 0.717) is 48.1 Å². The number of rotatable bonds is 5. The molecule has 1 aliphatic rings. The zero-order valence-electron chi connectivity index (χ0n) is 12.9. The molecule has 1 aliphatic heterocycles. The first-order chi connectivity index (χ1) is 10.8. The van der Waals surface area contributed by atoms with Crippen molar-refractivity contribution in [2.75, 3.05) is 19.6 Å². The van der Waals surface area contributed by atoms with Crippen LogP contribution in [0.15, 0.2) is 18.2 Å². The van der Waals surface area contributed by atoms with Crippen LogP contribution in [0, 0.1) is 5.92 Å². The fourth-order valence-electron chi connectivity index (χ4n) is 2.65. The molecule has 1 saturated heterocycles. The molecule has 23 heavy (non-hydrogen) atoms. The molecule has 1 fully saturated rings. The number of hydrogen-bond acceptors (Lipinski definition) is 3. The Morgan fingerprint density at radius 3 is 2.48 bits per heavy atom. The van der Waals surface area contributed by atoms with Crippen LogP contribution < -0.4 is 5.32 Å². The number of halogens is 2. The number of nitrogens with zero attached hydrogens (tertiary/aromatic N) is 1. The summed E-state index contributed by atoms with van der Waals surface area (Å²) in [4.78, 5) is 11.8. The second-order valence-electron chi connectivity index (χ2n) is 5.57. The maximum Gasteiger partial charge on any atom is 0.223 e. The minimum Gasteiger partial charge on any atom is -0.356 e. The molecule has 1 aromatic carbocycles. The molecule has 2 rings (SSSR count). The van der Waals surface area contributed by atoms with Crippen LogP contribution >= 0.6 is 23.2 Å². The first kappa shape index (κ1) is 18.5. The molecule has 0 unspecified atom stereocenters. The van der Waals surface area contributed by atoms with E-state index in [1.165, 1.54) is 4.31 Å². The maximum absolute atomic E-state index is 12.5. The molecule has 0 aliphatic carbocycles. The lowest BCUT2D eigenvalue weighted by Crippen LogP contribution is -2.43. The van der Waals surface area contributed by atoms with Gasteiger partial charge < -0.3 is 5.32 Å². The lowest BCUT2D eigenvalue weighted by molar-refractivity contribution is -0.126.